The van der Waals surface area contributed by atoms with Crippen molar-refractivity contribution in [2.75, 3.05) is 19.6 Å². The predicted molar refractivity (Wildman–Crippen MR) is 91.4 cm³/mol. The fourth-order valence-electron chi connectivity index (χ4n) is 1.75. The van der Waals surface area contributed by atoms with E-state index >= 15 is 0 Å². The number of carbonyl (C=O) groups excluding carboxylic acids is 1. The maximum absolute atomic E-state index is 11.7. The van der Waals surface area contributed by atoms with Crippen LogP contribution >= 0.6 is 0 Å². The summed E-state index contributed by atoms with van der Waals surface area (Å²) >= 11 is 0. The van der Waals surface area contributed by atoms with Gasteiger partial charge in [0.15, 0.2) is 5.96 Å². The number of hydrogen-bond acceptors (Lipinski definition) is 4. The molecule has 6 heteroatoms. The lowest BCUT2D eigenvalue weighted by molar-refractivity contribution is -0.154. The molecule has 6 nitrogen and oxygen atoms in total. The molecule has 0 aliphatic rings. The van der Waals surface area contributed by atoms with Gasteiger partial charge in [-0.25, -0.2) is 0 Å². The number of guanidine groups is 1. The Bertz CT molecular complexity index is 502. The minimum atomic E-state index is -0.466. The van der Waals surface area contributed by atoms with E-state index in [4.69, 9.17) is 9.15 Å². The van der Waals surface area contributed by atoms with Gasteiger partial charge in [-0.1, -0.05) is 6.08 Å². The van der Waals surface area contributed by atoms with Gasteiger partial charge in [-0.05, 0) is 32.9 Å². The van der Waals surface area contributed by atoms with Gasteiger partial charge in [-0.2, -0.15) is 0 Å². The lowest BCUT2D eigenvalue weighted by atomic mass is 10.2. The van der Waals surface area contributed by atoms with Gasteiger partial charge in [-0.3, -0.25) is 9.79 Å². The Morgan fingerprint density at radius 1 is 1.43 bits per heavy atom. The summed E-state index contributed by atoms with van der Waals surface area (Å²) in [5, 5.41) is 6.30. The summed E-state index contributed by atoms with van der Waals surface area (Å²) in [5.74, 6) is 1.30. The molecule has 0 bridgehead atoms. The number of esters is 1. The van der Waals surface area contributed by atoms with Crippen molar-refractivity contribution in [1.29, 1.82) is 0 Å². The maximum atomic E-state index is 11.7. The molecule has 0 saturated heterocycles. The summed E-state index contributed by atoms with van der Waals surface area (Å²) < 4.78 is 10.5. The lowest BCUT2D eigenvalue weighted by Gasteiger charge is -2.19. The maximum Gasteiger partial charge on any atom is 0.308 e. The molecule has 0 saturated carbocycles. The highest BCUT2D eigenvalue weighted by Gasteiger charge is 2.15. The van der Waals surface area contributed by atoms with Crippen molar-refractivity contribution in [3.05, 3.63) is 36.8 Å². The first-order chi connectivity index (χ1) is 10.9. The summed E-state index contributed by atoms with van der Waals surface area (Å²) in [6.07, 6.45) is 4.41. The molecule has 1 rings (SSSR count). The summed E-state index contributed by atoms with van der Waals surface area (Å²) in [6.45, 7) is 10.9. The van der Waals surface area contributed by atoms with Crippen LogP contribution in [0.2, 0.25) is 0 Å². The van der Waals surface area contributed by atoms with Crippen LogP contribution in [0, 0.1) is 0 Å². The van der Waals surface area contributed by atoms with Crippen molar-refractivity contribution in [3.8, 4) is 0 Å². The summed E-state index contributed by atoms with van der Waals surface area (Å²) in [5.41, 5.74) is -0.466. The van der Waals surface area contributed by atoms with Crippen LogP contribution in [0.3, 0.4) is 0 Å². The van der Waals surface area contributed by atoms with Gasteiger partial charge in [0, 0.05) is 19.5 Å². The van der Waals surface area contributed by atoms with Gasteiger partial charge in [0.25, 0.3) is 0 Å². The third-order valence-electron chi connectivity index (χ3n) is 2.66. The largest absolute Gasteiger partial charge is 0.469 e. The minimum absolute atomic E-state index is 0.246. The molecular formula is C17H27N3O3. The summed E-state index contributed by atoms with van der Waals surface area (Å²) in [7, 11) is 0. The van der Waals surface area contributed by atoms with Gasteiger partial charge in [-0.15, -0.1) is 6.58 Å². The highest BCUT2D eigenvalue weighted by atomic mass is 16.6. The number of nitrogens with one attached hydrogen (secondary N) is 2. The number of carbonyl (C=O) groups is 1. The molecule has 2 N–H and O–H groups in total. The summed E-state index contributed by atoms with van der Waals surface area (Å²) in [4.78, 5) is 16.0. The number of ether oxygens (including phenoxy) is 1. The van der Waals surface area contributed by atoms with Crippen molar-refractivity contribution < 1.29 is 13.9 Å². The third-order valence-corrected chi connectivity index (χ3v) is 2.66. The molecule has 0 aliphatic heterocycles. The van der Waals surface area contributed by atoms with Crippen LogP contribution in [-0.2, 0) is 16.0 Å². The fraction of sp³-hybridized carbons (Fsp3) is 0.529. The third kappa shape index (κ3) is 9.39. The van der Waals surface area contributed by atoms with Crippen LogP contribution in [-0.4, -0.2) is 37.2 Å². The van der Waals surface area contributed by atoms with Crippen LogP contribution in [0.25, 0.3) is 0 Å². The molecule has 23 heavy (non-hydrogen) atoms. The van der Waals surface area contributed by atoms with Gasteiger partial charge in [0.2, 0.25) is 0 Å². The monoisotopic (exact) mass is 321 g/mol. The number of furan rings is 1. The van der Waals surface area contributed by atoms with E-state index in [-0.39, 0.29) is 12.4 Å². The number of aliphatic imine (C=N–C) groups is 1. The smallest absolute Gasteiger partial charge is 0.308 e. The van der Waals surface area contributed by atoms with Crippen molar-refractivity contribution in [1.82, 2.24) is 10.6 Å². The average molecular weight is 321 g/mol. The molecule has 128 valence electrons. The van der Waals surface area contributed by atoms with Crippen LogP contribution in [0.4, 0.5) is 0 Å². The molecule has 0 atom stereocenters. The first-order valence-corrected chi connectivity index (χ1v) is 7.78. The van der Waals surface area contributed by atoms with Crippen LogP contribution in [0.5, 0.6) is 0 Å². The molecule has 0 unspecified atom stereocenters. The Morgan fingerprint density at radius 2 is 2.22 bits per heavy atom. The van der Waals surface area contributed by atoms with Crippen molar-refractivity contribution >= 4 is 11.9 Å². The van der Waals surface area contributed by atoms with E-state index in [9.17, 15) is 4.79 Å². The first kappa shape index (κ1) is 18.8. The SMILES string of the molecule is C=CCNC(=NCCC(=O)OC(C)(C)C)NCCc1ccco1. The van der Waals surface area contributed by atoms with Crippen LogP contribution in [0.15, 0.2) is 40.5 Å². The predicted octanol–water partition coefficient (Wildman–Crippen LogP) is 2.28. The molecule has 0 fully saturated rings. The quantitative estimate of drug-likeness (QED) is 0.332. The van der Waals surface area contributed by atoms with Crippen LogP contribution in [0.1, 0.15) is 33.0 Å². The van der Waals surface area contributed by atoms with E-state index in [1.807, 2.05) is 32.9 Å². The number of rotatable bonds is 8. The highest BCUT2D eigenvalue weighted by Crippen LogP contribution is 2.08. The van der Waals surface area contributed by atoms with Gasteiger partial charge < -0.3 is 19.8 Å². The zero-order valence-corrected chi connectivity index (χ0v) is 14.2. The van der Waals surface area contributed by atoms with Gasteiger partial charge in [0.05, 0.1) is 19.2 Å². The zero-order valence-electron chi connectivity index (χ0n) is 14.2. The molecule has 1 aromatic rings. The fourth-order valence-corrected chi connectivity index (χ4v) is 1.75. The van der Waals surface area contributed by atoms with E-state index in [1.165, 1.54) is 0 Å². The topological polar surface area (TPSA) is 75.9 Å². The Hall–Kier alpha value is -2.24. The second-order valence-electron chi connectivity index (χ2n) is 5.99. The van der Waals surface area contributed by atoms with E-state index < -0.39 is 5.60 Å². The second kappa shape index (κ2) is 9.71. The molecule has 0 radical (unpaired) electrons. The second-order valence-corrected chi connectivity index (χ2v) is 5.99. The Kier molecular flexibility index (Phi) is 7.94. The number of nitrogens with zero attached hydrogens (tertiary/aromatic N) is 1. The molecule has 1 heterocycles. The van der Waals surface area contributed by atoms with E-state index in [1.54, 1.807) is 12.3 Å². The van der Waals surface area contributed by atoms with Crippen molar-refractivity contribution in [3.63, 3.8) is 0 Å². The molecule has 0 spiro atoms. The molecule has 0 amide bonds. The standard InChI is InChI=1S/C17H27N3O3/c1-5-10-18-16(19-11-8-14-7-6-13-22-14)20-12-9-15(21)23-17(2,3)4/h5-7,13H,1,8-12H2,2-4H3,(H2,18,19,20). The normalized spacial score (nSPS) is 11.9. The number of hydrogen-bond donors (Lipinski definition) is 2. The zero-order chi connectivity index (χ0) is 17.1. The Morgan fingerprint density at radius 3 is 2.83 bits per heavy atom. The van der Waals surface area contributed by atoms with Gasteiger partial charge in [0.1, 0.15) is 11.4 Å². The molecule has 0 aromatic carbocycles. The Labute approximate surface area is 138 Å². The van der Waals surface area contributed by atoms with Crippen molar-refractivity contribution in [2.45, 2.75) is 39.2 Å². The Balaban J connectivity index is 2.38. The van der Waals surface area contributed by atoms with Crippen molar-refractivity contribution in [2.24, 2.45) is 4.99 Å². The average Bonchev–Trinajstić information content (AvgIpc) is 2.95. The van der Waals surface area contributed by atoms with E-state index in [0.717, 1.165) is 12.2 Å². The molecular weight excluding hydrogens is 294 g/mol. The van der Waals surface area contributed by atoms with E-state index in [2.05, 4.69) is 22.2 Å². The lowest BCUT2D eigenvalue weighted by Crippen LogP contribution is -2.38. The summed E-state index contributed by atoms with van der Waals surface area (Å²) in [6, 6.07) is 3.79. The molecule has 1 aromatic heterocycles. The van der Waals surface area contributed by atoms with Gasteiger partial charge >= 0.3 is 5.97 Å². The first-order valence-electron chi connectivity index (χ1n) is 7.78. The highest BCUT2D eigenvalue weighted by molar-refractivity contribution is 5.80. The van der Waals surface area contributed by atoms with E-state index in [0.29, 0.717) is 25.6 Å². The minimum Gasteiger partial charge on any atom is -0.469 e. The molecule has 0 aliphatic carbocycles. The van der Waals surface area contributed by atoms with Crippen LogP contribution < -0.4 is 10.6 Å².